The summed E-state index contributed by atoms with van der Waals surface area (Å²) >= 11 is 0. The highest BCUT2D eigenvalue weighted by Crippen LogP contribution is 2.32. The van der Waals surface area contributed by atoms with Crippen LogP contribution in [0.5, 0.6) is 0 Å². The lowest BCUT2D eigenvalue weighted by atomic mass is 10.1. The van der Waals surface area contributed by atoms with Crippen molar-refractivity contribution in [2.24, 2.45) is 0 Å². The monoisotopic (exact) mass is 258 g/mol. The Labute approximate surface area is 103 Å². The van der Waals surface area contributed by atoms with Gasteiger partial charge in [-0.05, 0) is 24.2 Å². The van der Waals surface area contributed by atoms with Gasteiger partial charge in [0.2, 0.25) is 5.91 Å². The van der Waals surface area contributed by atoms with E-state index < -0.39 is 18.6 Å². The molecule has 1 aromatic carbocycles. The van der Waals surface area contributed by atoms with E-state index in [0.29, 0.717) is 17.8 Å². The summed E-state index contributed by atoms with van der Waals surface area (Å²) in [5.74, 6) is -0.496. The van der Waals surface area contributed by atoms with Crippen molar-refractivity contribution in [2.75, 3.05) is 18.5 Å². The van der Waals surface area contributed by atoms with Gasteiger partial charge in [-0.15, -0.1) is 0 Å². The Balaban J connectivity index is 2.26. The SMILES string of the molecule is CNCc1ccc2c(c1)CC(=O)N2CC(F)(F)F. The molecular formula is C12H13F3N2O. The summed E-state index contributed by atoms with van der Waals surface area (Å²) in [7, 11) is 1.79. The van der Waals surface area contributed by atoms with Gasteiger partial charge in [-0.2, -0.15) is 13.2 Å². The van der Waals surface area contributed by atoms with Crippen molar-refractivity contribution < 1.29 is 18.0 Å². The fraction of sp³-hybridized carbons (Fsp3) is 0.417. The molecule has 98 valence electrons. The highest BCUT2D eigenvalue weighted by Gasteiger charge is 2.37. The van der Waals surface area contributed by atoms with E-state index in [2.05, 4.69) is 5.32 Å². The third-order valence-electron chi connectivity index (χ3n) is 2.80. The molecule has 6 heteroatoms. The molecule has 1 amide bonds. The average molecular weight is 258 g/mol. The number of alkyl halides is 3. The van der Waals surface area contributed by atoms with Crippen molar-refractivity contribution in [3.8, 4) is 0 Å². The summed E-state index contributed by atoms with van der Waals surface area (Å²) in [6.07, 6.45) is -4.33. The van der Waals surface area contributed by atoms with Crippen LogP contribution in [0.15, 0.2) is 18.2 Å². The van der Waals surface area contributed by atoms with E-state index in [-0.39, 0.29) is 6.42 Å². The molecule has 0 saturated carbocycles. The standard InChI is InChI=1S/C12H13F3N2O/c1-16-6-8-2-3-10-9(4-8)5-11(18)17(10)7-12(13,14)15/h2-4,16H,5-7H2,1H3. The molecule has 0 radical (unpaired) electrons. The van der Waals surface area contributed by atoms with Crippen LogP contribution in [0.4, 0.5) is 18.9 Å². The van der Waals surface area contributed by atoms with Crippen LogP contribution >= 0.6 is 0 Å². The molecule has 1 aliphatic heterocycles. The second kappa shape index (κ2) is 4.61. The van der Waals surface area contributed by atoms with Gasteiger partial charge in [0.05, 0.1) is 6.42 Å². The van der Waals surface area contributed by atoms with Crippen LogP contribution in [0.1, 0.15) is 11.1 Å². The molecule has 1 aliphatic rings. The minimum Gasteiger partial charge on any atom is -0.316 e. The van der Waals surface area contributed by atoms with E-state index in [1.807, 2.05) is 0 Å². The van der Waals surface area contributed by atoms with Crippen molar-refractivity contribution in [1.29, 1.82) is 0 Å². The largest absolute Gasteiger partial charge is 0.406 e. The van der Waals surface area contributed by atoms with Crippen molar-refractivity contribution in [3.63, 3.8) is 0 Å². The predicted molar refractivity (Wildman–Crippen MR) is 61.3 cm³/mol. The summed E-state index contributed by atoms with van der Waals surface area (Å²) in [4.78, 5) is 12.4. The number of hydrogen-bond donors (Lipinski definition) is 1. The zero-order valence-corrected chi connectivity index (χ0v) is 9.84. The van der Waals surface area contributed by atoms with E-state index in [1.54, 1.807) is 25.2 Å². The smallest absolute Gasteiger partial charge is 0.316 e. The number of amides is 1. The average Bonchev–Trinajstić information content (AvgIpc) is 2.53. The Kier molecular flexibility index (Phi) is 3.30. The van der Waals surface area contributed by atoms with Gasteiger partial charge in [0.1, 0.15) is 6.54 Å². The Morgan fingerprint density at radius 1 is 1.39 bits per heavy atom. The lowest BCUT2D eigenvalue weighted by Gasteiger charge is -2.19. The predicted octanol–water partition coefficient (Wildman–Crippen LogP) is 1.86. The van der Waals surface area contributed by atoms with E-state index in [4.69, 9.17) is 0 Å². The first-order valence-electron chi connectivity index (χ1n) is 5.54. The van der Waals surface area contributed by atoms with Crippen molar-refractivity contribution in [3.05, 3.63) is 29.3 Å². The maximum atomic E-state index is 12.4. The second-order valence-corrected chi connectivity index (χ2v) is 4.27. The first-order chi connectivity index (χ1) is 8.40. The number of nitrogens with one attached hydrogen (secondary N) is 1. The molecule has 0 atom stereocenters. The van der Waals surface area contributed by atoms with Gasteiger partial charge in [-0.3, -0.25) is 4.79 Å². The first-order valence-corrected chi connectivity index (χ1v) is 5.54. The summed E-state index contributed by atoms with van der Waals surface area (Å²) < 4.78 is 37.1. The number of hydrogen-bond acceptors (Lipinski definition) is 2. The maximum Gasteiger partial charge on any atom is 0.406 e. The van der Waals surface area contributed by atoms with E-state index in [1.165, 1.54) is 0 Å². The van der Waals surface area contributed by atoms with Gasteiger partial charge in [0, 0.05) is 12.2 Å². The minimum absolute atomic E-state index is 0.0446. The molecule has 0 bridgehead atoms. The summed E-state index contributed by atoms with van der Waals surface area (Å²) in [6, 6.07) is 5.09. The van der Waals surface area contributed by atoms with Gasteiger partial charge >= 0.3 is 6.18 Å². The van der Waals surface area contributed by atoms with Crippen LogP contribution in [0.3, 0.4) is 0 Å². The van der Waals surface area contributed by atoms with Crippen LogP contribution in [0, 0.1) is 0 Å². The number of halogens is 3. The lowest BCUT2D eigenvalue weighted by Crippen LogP contribution is -2.36. The molecule has 1 heterocycles. The van der Waals surface area contributed by atoms with Gasteiger partial charge in [-0.25, -0.2) is 0 Å². The van der Waals surface area contributed by atoms with Gasteiger partial charge < -0.3 is 10.2 Å². The quantitative estimate of drug-likeness (QED) is 0.897. The number of rotatable bonds is 3. The Morgan fingerprint density at radius 3 is 2.72 bits per heavy atom. The van der Waals surface area contributed by atoms with Crippen molar-refractivity contribution in [2.45, 2.75) is 19.1 Å². The summed E-state index contributed by atoms with van der Waals surface area (Å²) in [5.41, 5.74) is 1.99. The normalized spacial score (nSPS) is 15.1. The van der Waals surface area contributed by atoms with Crippen LogP contribution in [-0.4, -0.2) is 25.7 Å². The fourth-order valence-electron chi connectivity index (χ4n) is 2.10. The van der Waals surface area contributed by atoms with Gasteiger partial charge in [0.15, 0.2) is 0 Å². The Morgan fingerprint density at radius 2 is 2.11 bits per heavy atom. The van der Waals surface area contributed by atoms with Gasteiger partial charge in [0.25, 0.3) is 0 Å². The zero-order chi connectivity index (χ0) is 13.3. The topological polar surface area (TPSA) is 32.3 Å². The third-order valence-corrected chi connectivity index (χ3v) is 2.80. The Bertz CT molecular complexity index is 471. The molecule has 0 aliphatic carbocycles. The number of benzene rings is 1. The van der Waals surface area contributed by atoms with Crippen molar-refractivity contribution in [1.82, 2.24) is 5.32 Å². The van der Waals surface area contributed by atoms with Crippen LogP contribution in [0.2, 0.25) is 0 Å². The highest BCUT2D eigenvalue weighted by molar-refractivity contribution is 6.01. The molecule has 0 spiro atoms. The third kappa shape index (κ3) is 2.64. The first kappa shape index (κ1) is 12.9. The van der Waals surface area contributed by atoms with Gasteiger partial charge in [-0.1, -0.05) is 12.1 Å². The molecule has 3 nitrogen and oxygen atoms in total. The maximum absolute atomic E-state index is 12.4. The summed E-state index contributed by atoms with van der Waals surface area (Å²) in [6.45, 7) is -0.592. The van der Waals surface area contributed by atoms with Crippen LogP contribution in [0.25, 0.3) is 0 Å². The lowest BCUT2D eigenvalue weighted by molar-refractivity contribution is -0.131. The number of carbonyl (C=O) groups is 1. The van der Waals surface area contributed by atoms with Crippen LogP contribution < -0.4 is 10.2 Å². The molecule has 0 fully saturated rings. The molecule has 0 aromatic heterocycles. The van der Waals surface area contributed by atoms with Crippen LogP contribution in [-0.2, 0) is 17.8 Å². The molecule has 1 N–H and O–H groups in total. The number of carbonyl (C=O) groups excluding carboxylic acids is 1. The van der Waals surface area contributed by atoms with E-state index in [9.17, 15) is 18.0 Å². The highest BCUT2D eigenvalue weighted by atomic mass is 19.4. The minimum atomic E-state index is -4.37. The molecule has 2 rings (SSSR count). The number of fused-ring (bicyclic) bond motifs is 1. The zero-order valence-electron chi connectivity index (χ0n) is 9.84. The Hall–Kier alpha value is -1.56. The number of anilines is 1. The van der Waals surface area contributed by atoms with E-state index in [0.717, 1.165) is 10.5 Å². The van der Waals surface area contributed by atoms with Crippen molar-refractivity contribution >= 4 is 11.6 Å². The molecule has 18 heavy (non-hydrogen) atoms. The number of nitrogens with zero attached hydrogens (tertiary/aromatic N) is 1. The fourth-order valence-corrected chi connectivity index (χ4v) is 2.10. The summed E-state index contributed by atoms with van der Waals surface area (Å²) in [5, 5.41) is 2.96. The molecule has 1 aromatic rings. The van der Waals surface area contributed by atoms with E-state index >= 15 is 0 Å². The second-order valence-electron chi connectivity index (χ2n) is 4.27. The molecule has 0 saturated heterocycles. The molecular weight excluding hydrogens is 245 g/mol. The molecule has 0 unspecified atom stereocenters.